The molecule has 1 fully saturated rings. The van der Waals surface area contributed by atoms with Gasteiger partial charge in [-0.2, -0.15) is 0 Å². The van der Waals surface area contributed by atoms with Crippen LogP contribution >= 0.6 is 0 Å². The second-order valence-corrected chi connectivity index (χ2v) is 6.66. The highest BCUT2D eigenvalue weighted by atomic mass is 19.1. The predicted octanol–water partition coefficient (Wildman–Crippen LogP) is 3.71. The number of nitrogens with one attached hydrogen (secondary N) is 1. The molecule has 0 spiro atoms. The zero-order valence-electron chi connectivity index (χ0n) is 15.1. The van der Waals surface area contributed by atoms with Crippen molar-refractivity contribution in [2.45, 2.75) is 18.9 Å². The average Bonchev–Trinajstić information content (AvgIpc) is 3.41. The summed E-state index contributed by atoms with van der Waals surface area (Å²) >= 11 is 0. The summed E-state index contributed by atoms with van der Waals surface area (Å²) < 4.78 is 24.5. The van der Waals surface area contributed by atoms with Gasteiger partial charge >= 0.3 is 0 Å². The number of carbonyl (C=O) groups is 2. The first kappa shape index (κ1) is 18.0. The SMILES string of the molecule is O=C(NC1CCN(C(=O)c2ccco2)CC1)c1ccc(-c2ccccc2F)o1. The van der Waals surface area contributed by atoms with Gasteiger partial charge in [-0.15, -0.1) is 0 Å². The number of hydrogen-bond donors (Lipinski definition) is 1. The third kappa shape index (κ3) is 3.69. The molecule has 2 amide bonds. The smallest absolute Gasteiger partial charge is 0.289 e. The van der Waals surface area contributed by atoms with Crippen molar-refractivity contribution in [2.75, 3.05) is 13.1 Å². The summed E-state index contributed by atoms with van der Waals surface area (Å²) in [6.07, 6.45) is 2.75. The standard InChI is InChI=1S/C21H19FN2O4/c22-16-5-2-1-4-15(16)17-7-8-18(28-17)20(25)23-14-9-11-24(12-10-14)21(26)19-6-3-13-27-19/h1-8,13-14H,9-12H2,(H,23,25). The quantitative estimate of drug-likeness (QED) is 0.746. The highest BCUT2D eigenvalue weighted by molar-refractivity contribution is 5.93. The summed E-state index contributed by atoms with van der Waals surface area (Å²) in [7, 11) is 0. The van der Waals surface area contributed by atoms with Crippen molar-refractivity contribution in [1.82, 2.24) is 10.2 Å². The van der Waals surface area contributed by atoms with Crippen molar-refractivity contribution in [2.24, 2.45) is 0 Å². The van der Waals surface area contributed by atoms with Crippen molar-refractivity contribution < 1.29 is 22.8 Å². The normalized spacial score (nSPS) is 14.8. The fourth-order valence-corrected chi connectivity index (χ4v) is 3.31. The maximum absolute atomic E-state index is 13.9. The molecule has 0 bridgehead atoms. The van der Waals surface area contributed by atoms with Gasteiger partial charge in [0.05, 0.1) is 11.8 Å². The number of halogens is 1. The minimum Gasteiger partial charge on any atom is -0.459 e. The molecule has 1 saturated heterocycles. The van der Waals surface area contributed by atoms with Crippen LogP contribution < -0.4 is 5.32 Å². The third-order valence-corrected chi connectivity index (χ3v) is 4.82. The molecule has 7 heteroatoms. The number of nitrogens with zero attached hydrogens (tertiary/aromatic N) is 1. The topological polar surface area (TPSA) is 75.7 Å². The lowest BCUT2D eigenvalue weighted by Crippen LogP contribution is -2.46. The Morgan fingerprint density at radius 2 is 1.79 bits per heavy atom. The van der Waals surface area contributed by atoms with Crippen molar-refractivity contribution in [3.63, 3.8) is 0 Å². The van der Waals surface area contributed by atoms with Crippen LogP contribution in [0.1, 0.15) is 34.0 Å². The first-order valence-corrected chi connectivity index (χ1v) is 9.10. The van der Waals surface area contributed by atoms with Crippen molar-refractivity contribution in [1.29, 1.82) is 0 Å². The van der Waals surface area contributed by atoms with Gasteiger partial charge in [0.25, 0.3) is 11.8 Å². The fraction of sp³-hybridized carbons (Fsp3) is 0.238. The van der Waals surface area contributed by atoms with Crippen LogP contribution in [-0.2, 0) is 0 Å². The molecule has 2 aromatic heterocycles. The largest absolute Gasteiger partial charge is 0.459 e. The van der Waals surface area contributed by atoms with E-state index in [1.54, 1.807) is 41.3 Å². The molecule has 0 unspecified atom stereocenters. The Morgan fingerprint density at radius 3 is 2.50 bits per heavy atom. The van der Waals surface area contributed by atoms with Crippen molar-refractivity contribution in [3.8, 4) is 11.3 Å². The van der Waals surface area contributed by atoms with Crippen molar-refractivity contribution >= 4 is 11.8 Å². The maximum atomic E-state index is 13.9. The van der Waals surface area contributed by atoms with Gasteiger partial charge in [0, 0.05) is 19.1 Å². The van der Waals surface area contributed by atoms with E-state index >= 15 is 0 Å². The number of benzene rings is 1. The van der Waals surface area contributed by atoms with E-state index in [2.05, 4.69) is 5.32 Å². The number of furan rings is 2. The Kier molecular flexibility index (Phi) is 4.97. The second kappa shape index (κ2) is 7.72. The second-order valence-electron chi connectivity index (χ2n) is 6.66. The van der Waals surface area contributed by atoms with Crippen LogP contribution in [0.5, 0.6) is 0 Å². The molecule has 1 N–H and O–H groups in total. The summed E-state index contributed by atoms with van der Waals surface area (Å²) in [6.45, 7) is 1.06. The first-order valence-electron chi connectivity index (χ1n) is 9.10. The van der Waals surface area contributed by atoms with Gasteiger partial charge < -0.3 is 19.1 Å². The summed E-state index contributed by atoms with van der Waals surface area (Å²) in [5, 5.41) is 2.92. The summed E-state index contributed by atoms with van der Waals surface area (Å²) in [6, 6.07) is 12.6. The molecule has 28 heavy (non-hydrogen) atoms. The fourth-order valence-electron chi connectivity index (χ4n) is 3.31. The highest BCUT2D eigenvalue weighted by Crippen LogP contribution is 2.25. The lowest BCUT2D eigenvalue weighted by molar-refractivity contribution is 0.0665. The van der Waals surface area contributed by atoms with Crippen LogP contribution in [0.3, 0.4) is 0 Å². The minimum atomic E-state index is -0.405. The van der Waals surface area contributed by atoms with Crippen LogP contribution in [0.15, 0.2) is 63.6 Å². The van der Waals surface area contributed by atoms with Crippen LogP contribution in [0, 0.1) is 5.82 Å². The van der Waals surface area contributed by atoms with Gasteiger partial charge in [-0.05, 0) is 49.2 Å². The Morgan fingerprint density at radius 1 is 1.00 bits per heavy atom. The number of piperidine rings is 1. The van der Waals surface area contributed by atoms with E-state index in [-0.39, 0.29) is 23.6 Å². The lowest BCUT2D eigenvalue weighted by Gasteiger charge is -2.31. The average molecular weight is 382 g/mol. The predicted molar refractivity (Wildman–Crippen MR) is 99.2 cm³/mol. The van der Waals surface area contributed by atoms with Gasteiger partial charge in [-0.1, -0.05) is 12.1 Å². The zero-order valence-corrected chi connectivity index (χ0v) is 15.1. The summed E-state index contributed by atoms with van der Waals surface area (Å²) in [4.78, 5) is 26.4. The monoisotopic (exact) mass is 382 g/mol. The molecule has 1 aromatic carbocycles. The van der Waals surface area contributed by atoms with E-state index in [1.807, 2.05) is 0 Å². The van der Waals surface area contributed by atoms with E-state index in [0.29, 0.717) is 43.0 Å². The molecular formula is C21H19FN2O4. The number of likely N-dealkylation sites (tertiary alicyclic amines) is 1. The molecule has 144 valence electrons. The highest BCUT2D eigenvalue weighted by Gasteiger charge is 2.26. The van der Waals surface area contributed by atoms with E-state index in [9.17, 15) is 14.0 Å². The van der Waals surface area contributed by atoms with Crippen LogP contribution in [0.4, 0.5) is 4.39 Å². The molecule has 3 heterocycles. The van der Waals surface area contributed by atoms with Gasteiger partial charge in [-0.3, -0.25) is 9.59 Å². The molecular weight excluding hydrogens is 363 g/mol. The third-order valence-electron chi connectivity index (χ3n) is 4.82. The van der Waals surface area contributed by atoms with E-state index < -0.39 is 5.82 Å². The van der Waals surface area contributed by atoms with E-state index in [1.165, 1.54) is 18.4 Å². The van der Waals surface area contributed by atoms with Crippen molar-refractivity contribution in [3.05, 3.63) is 72.1 Å². The number of carbonyl (C=O) groups excluding carboxylic acids is 2. The molecule has 0 saturated carbocycles. The number of amides is 2. The Balaban J connectivity index is 1.34. The molecule has 1 aliphatic rings. The Labute approximate surface area is 160 Å². The Bertz CT molecular complexity index is 972. The zero-order chi connectivity index (χ0) is 19.5. The Hall–Kier alpha value is -3.35. The minimum absolute atomic E-state index is 0.0600. The van der Waals surface area contributed by atoms with Gasteiger partial charge in [0.1, 0.15) is 11.6 Å². The van der Waals surface area contributed by atoms with Gasteiger partial charge in [0.15, 0.2) is 11.5 Å². The molecule has 6 nitrogen and oxygen atoms in total. The van der Waals surface area contributed by atoms with Gasteiger partial charge in [-0.25, -0.2) is 4.39 Å². The molecule has 3 aromatic rings. The summed E-state index contributed by atoms with van der Waals surface area (Å²) in [5.41, 5.74) is 0.311. The van der Waals surface area contributed by atoms with E-state index in [4.69, 9.17) is 8.83 Å². The molecule has 0 radical (unpaired) electrons. The molecule has 0 aliphatic carbocycles. The lowest BCUT2D eigenvalue weighted by atomic mass is 10.0. The van der Waals surface area contributed by atoms with Crippen LogP contribution in [0.2, 0.25) is 0 Å². The summed E-state index contributed by atoms with van der Waals surface area (Å²) in [5.74, 6) is -0.139. The van der Waals surface area contributed by atoms with Crippen LogP contribution in [-0.4, -0.2) is 35.8 Å². The van der Waals surface area contributed by atoms with Crippen LogP contribution in [0.25, 0.3) is 11.3 Å². The molecule has 4 rings (SSSR count). The molecule has 1 aliphatic heterocycles. The number of hydrogen-bond acceptors (Lipinski definition) is 4. The van der Waals surface area contributed by atoms with Gasteiger partial charge in [0.2, 0.25) is 0 Å². The van der Waals surface area contributed by atoms with E-state index in [0.717, 1.165) is 0 Å². The maximum Gasteiger partial charge on any atom is 0.289 e. The molecule has 0 atom stereocenters. The first-order chi connectivity index (χ1) is 13.6. The number of rotatable bonds is 4.